The number of aromatic nitrogens is 3. The SMILES string of the molecule is CCc1ccc(C(=O)CSc2nnc(CCCNC(C)=O)n2-c2cccc(OC)c2)cc1. The van der Waals surface area contributed by atoms with Gasteiger partial charge in [0.05, 0.1) is 18.6 Å². The fourth-order valence-electron chi connectivity index (χ4n) is 3.22. The molecule has 0 aliphatic carbocycles. The molecule has 8 heteroatoms. The van der Waals surface area contributed by atoms with Crippen molar-refractivity contribution in [2.24, 2.45) is 0 Å². The van der Waals surface area contributed by atoms with Crippen LogP contribution >= 0.6 is 11.8 Å². The standard InChI is InChI=1S/C24H28N4O3S/c1-4-18-10-12-19(13-11-18)22(30)16-32-24-27-26-23(9-6-14-25-17(2)29)28(24)20-7-5-8-21(15-20)31-3/h5,7-8,10-13,15H,4,6,9,14,16H2,1-3H3,(H,25,29). The molecule has 7 nitrogen and oxygen atoms in total. The van der Waals surface area contributed by atoms with Gasteiger partial charge in [-0.05, 0) is 30.5 Å². The third-order valence-electron chi connectivity index (χ3n) is 4.98. The number of ketones is 1. The molecule has 0 atom stereocenters. The molecule has 2 aromatic carbocycles. The van der Waals surface area contributed by atoms with Gasteiger partial charge >= 0.3 is 0 Å². The number of hydrogen-bond acceptors (Lipinski definition) is 6. The molecule has 32 heavy (non-hydrogen) atoms. The van der Waals surface area contributed by atoms with E-state index in [0.29, 0.717) is 23.7 Å². The summed E-state index contributed by atoms with van der Waals surface area (Å²) in [5, 5.41) is 12.2. The Morgan fingerprint density at radius 1 is 1.12 bits per heavy atom. The Bertz CT molecular complexity index is 1060. The number of Topliss-reactive ketones (excluding diaryl/α,β-unsaturated/α-hetero) is 1. The number of methoxy groups -OCH3 is 1. The third-order valence-corrected chi connectivity index (χ3v) is 5.91. The Morgan fingerprint density at radius 3 is 2.59 bits per heavy atom. The van der Waals surface area contributed by atoms with Crippen molar-refractivity contribution in [3.05, 3.63) is 65.5 Å². The van der Waals surface area contributed by atoms with E-state index in [1.807, 2.05) is 53.1 Å². The van der Waals surface area contributed by atoms with Crippen molar-refractivity contribution < 1.29 is 14.3 Å². The number of nitrogens with zero attached hydrogens (tertiary/aromatic N) is 3. The van der Waals surface area contributed by atoms with E-state index < -0.39 is 0 Å². The first-order chi connectivity index (χ1) is 15.5. The molecule has 3 aromatic rings. The molecule has 0 aliphatic heterocycles. The molecule has 1 N–H and O–H groups in total. The summed E-state index contributed by atoms with van der Waals surface area (Å²) in [6, 6.07) is 15.4. The summed E-state index contributed by atoms with van der Waals surface area (Å²) < 4.78 is 7.32. The van der Waals surface area contributed by atoms with Gasteiger partial charge in [0.15, 0.2) is 10.9 Å². The molecule has 0 saturated heterocycles. The molecular formula is C24H28N4O3S. The van der Waals surface area contributed by atoms with Crippen LogP contribution in [0.15, 0.2) is 53.7 Å². The zero-order valence-electron chi connectivity index (χ0n) is 18.6. The van der Waals surface area contributed by atoms with Crippen molar-refractivity contribution in [1.82, 2.24) is 20.1 Å². The first-order valence-corrected chi connectivity index (χ1v) is 11.6. The first kappa shape index (κ1) is 23.5. The molecule has 1 heterocycles. The highest BCUT2D eigenvalue weighted by Crippen LogP contribution is 2.26. The Labute approximate surface area is 192 Å². The van der Waals surface area contributed by atoms with E-state index in [1.165, 1.54) is 24.2 Å². The highest BCUT2D eigenvalue weighted by molar-refractivity contribution is 7.99. The van der Waals surface area contributed by atoms with Crippen molar-refractivity contribution in [2.45, 2.75) is 38.3 Å². The van der Waals surface area contributed by atoms with Crippen molar-refractivity contribution in [2.75, 3.05) is 19.4 Å². The van der Waals surface area contributed by atoms with Crippen LogP contribution in [0.3, 0.4) is 0 Å². The van der Waals surface area contributed by atoms with Crippen LogP contribution in [0.25, 0.3) is 5.69 Å². The maximum atomic E-state index is 12.7. The second-order valence-corrected chi connectivity index (χ2v) is 8.23. The minimum atomic E-state index is -0.0546. The van der Waals surface area contributed by atoms with Gasteiger partial charge in [0.25, 0.3) is 0 Å². The summed E-state index contributed by atoms with van der Waals surface area (Å²) >= 11 is 1.36. The predicted octanol–water partition coefficient (Wildman–Crippen LogP) is 3.88. The van der Waals surface area contributed by atoms with E-state index in [9.17, 15) is 9.59 Å². The lowest BCUT2D eigenvalue weighted by atomic mass is 10.1. The number of rotatable bonds is 11. The zero-order chi connectivity index (χ0) is 22.9. The van der Waals surface area contributed by atoms with Crippen LogP contribution in [0.4, 0.5) is 0 Å². The molecule has 0 bridgehead atoms. The average molecular weight is 453 g/mol. The lowest BCUT2D eigenvalue weighted by molar-refractivity contribution is -0.118. The molecule has 0 aliphatic rings. The summed E-state index contributed by atoms with van der Waals surface area (Å²) in [5.41, 5.74) is 2.76. The van der Waals surface area contributed by atoms with Gasteiger partial charge in [-0.1, -0.05) is 49.0 Å². The predicted molar refractivity (Wildman–Crippen MR) is 126 cm³/mol. The second kappa shape index (κ2) is 11.5. The molecular weight excluding hydrogens is 424 g/mol. The van der Waals surface area contributed by atoms with E-state index in [1.54, 1.807) is 7.11 Å². The maximum absolute atomic E-state index is 12.7. The minimum absolute atomic E-state index is 0.0463. The molecule has 1 aromatic heterocycles. The van der Waals surface area contributed by atoms with Gasteiger partial charge in [0.1, 0.15) is 11.6 Å². The molecule has 0 fully saturated rings. The van der Waals surface area contributed by atoms with Gasteiger partial charge < -0.3 is 10.1 Å². The monoisotopic (exact) mass is 452 g/mol. The molecule has 0 radical (unpaired) electrons. The van der Waals surface area contributed by atoms with Gasteiger partial charge in [0, 0.05) is 31.5 Å². The zero-order valence-corrected chi connectivity index (χ0v) is 19.4. The number of carbonyl (C=O) groups excluding carboxylic acids is 2. The Kier molecular flexibility index (Phi) is 8.44. The number of nitrogens with one attached hydrogen (secondary N) is 1. The topological polar surface area (TPSA) is 86.1 Å². The lowest BCUT2D eigenvalue weighted by Gasteiger charge is -2.11. The summed E-state index contributed by atoms with van der Waals surface area (Å²) in [7, 11) is 1.62. The smallest absolute Gasteiger partial charge is 0.216 e. The number of amides is 1. The number of hydrogen-bond donors (Lipinski definition) is 1. The van der Waals surface area contributed by atoms with Gasteiger partial charge in [0.2, 0.25) is 5.91 Å². The molecule has 0 unspecified atom stereocenters. The molecule has 168 valence electrons. The Hall–Kier alpha value is -3.13. The van der Waals surface area contributed by atoms with Crippen LogP contribution in [-0.4, -0.2) is 45.9 Å². The lowest BCUT2D eigenvalue weighted by Crippen LogP contribution is -2.21. The van der Waals surface area contributed by atoms with E-state index in [0.717, 1.165) is 30.1 Å². The number of carbonyl (C=O) groups is 2. The number of ether oxygens (including phenoxy) is 1. The van der Waals surface area contributed by atoms with Gasteiger partial charge in [-0.2, -0.15) is 0 Å². The first-order valence-electron chi connectivity index (χ1n) is 10.6. The van der Waals surface area contributed by atoms with Crippen LogP contribution in [0, 0.1) is 0 Å². The normalized spacial score (nSPS) is 10.7. The van der Waals surface area contributed by atoms with Crippen molar-refractivity contribution in [3.8, 4) is 11.4 Å². The van der Waals surface area contributed by atoms with Crippen molar-refractivity contribution in [1.29, 1.82) is 0 Å². The summed E-state index contributed by atoms with van der Waals surface area (Å²) in [6.07, 6.45) is 2.31. The van der Waals surface area contributed by atoms with Gasteiger partial charge in [-0.25, -0.2) is 0 Å². The Balaban J connectivity index is 1.79. The van der Waals surface area contributed by atoms with Crippen LogP contribution < -0.4 is 10.1 Å². The highest BCUT2D eigenvalue weighted by atomic mass is 32.2. The van der Waals surface area contributed by atoms with E-state index >= 15 is 0 Å². The quantitative estimate of drug-likeness (QED) is 0.270. The molecule has 0 spiro atoms. The van der Waals surface area contributed by atoms with Crippen LogP contribution in [0.5, 0.6) is 5.75 Å². The Morgan fingerprint density at radius 2 is 1.91 bits per heavy atom. The highest BCUT2D eigenvalue weighted by Gasteiger charge is 2.17. The number of benzene rings is 2. The van der Waals surface area contributed by atoms with E-state index in [-0.39, 0.29) is 17.4 Å². The number of thioether (sulfide) groups is 1. The average Bonchev–Trinajstić information content (AvgIpc) is 3.23. The minimum Gasteiger partial charge on any atom is -0.497 e. The molecule has 3 rings (SSSR count). The summed E-state index contributed by atoms with van der Waals surface area (Å²) in [4.78, 5) is 23.8. The van der Waals surface area contributed by atoms with Gasteiger partial charge in [-0.3, -0.25) is 14.2 Å². The third kappa shape index (κ3) is 6.20. The van der Waals surface area contributed by atoms with E-state index in [2.05, 4.69) is 22.4 Å². The van der Waals surface area contributed by atoms with Crippen LogP contribution in [0.1, 0.15) is 42.0 Å². The molecule has 0 saturated carbocycles. The number of aryl methyl sites for hydroxylation is 2. The van der Waals surface area contributed by atoms with Crippen molar-refractivity contribution in [3.63, 3.8) is 0 Å². The largest absolute Gasteiger partial charge is 0.497 e. The summed E-state index contributed by atoms with van der Waals surface area (Å²) in [6.45, 7) is 4.15. The summed E-state index contributed by atoms with van der Waals surface area (Å²) in [5.74, 6) is 1.75. The van der Waals surface area contributed by atoms with Crippen molar-refractivity contribution >= 4 is 23.5 Å². The van der Waals surface area contributed by atoms with Gasteiger partial charge in [-0.15, -0.1) is 10.2 Å². The molecule has 1 amide bonds. The fourth-order valence-corrected chi connectivity index (χ4v) is 4.08. The fraction of sp³-hybridized carbons (Fsp3) is 0.333. The van der Waals surface area contributed by atoms with Crippen LogP contribution in [0.2, 0.25) is 0 Å². The second-order valence-electron chi connectivity index (χ2n) is 7.28. The van der Waals surface area contributed by atoms with Crippen LogP contribution in [-0.2, 0) is 17.6 Å². The maximum Gasteiger partial charge on any atom is 0.216 e. The van der Waals surface area contributed by atoms with E-state index in [4.69, 9.17) is 4.74 Å².